The normalized spacial score (nSPS) is 22.7. The first-order valence-electron chi connectivity index (χ1n) is 15.8. The number of imidazole rings is 1. The zero-order valence-electron chi connectivity index (χ0n) is 25.6. The first-order chi connectivity index (χ1) is 20.2. The highest BCUT2D eigenvalue weighted by Gasteiger charge is 2.41. The van der Waals surface area contributed by atoms with Crippen LogP contribution in [-0.2, 0) is 17.6 Å². The molecule has 7 heteroatoms. The van der Waals surface area contributed by atoms with Gasteiger partial charge in [-0.15, -0.1) is 0 Å². The number of hydrogen-bond donors (Lipinski definition) is 1. The highest BCUT2D eigenvalue weighted by Crippen LogP contribution is 2.43. The quantitative estimate of drug-likeness (QED) is 0.287. The van der Waals surface area contributed by atoms with Crippen molar-refractivity contribution in [2.24, 2.45) is 11.8 Å². The van der Waals surface area contributed by atoms with E-state index in [1.165, 1.54) is 17.5 Å². The fourth-order valence-corrected chi connectivity index (χ4v) is 7.60. The number of aromatic nitrogens is 2. The number of benzene rings is 2. The predicted octanol–water partition coefficient (Wildman–Crippen LogP) is 6.42. The fraction of sp³-hybridized carbons (Fsp3) is 0.543. The molecule has 1 aromatic heterocycles. The maximum atomic E-state index is 14.3. The molecular weight excluding hydrogens is 527 g/mol. The summed E-state index contributed by atoms with van der Waals surface area (Å²) in [6, 6.07) is 17.7. The topological polar surface area (TPSA) is 61.6 Å². The molecule has 5 rings (SSSR count). The van der Waals surface area contributed by atoms with E-state index in [4.69, 9.17) is 4.98 Å². The van der Waals surface area contributed by atoms with Gasteiger partial charge in [0.15, 0.2) is 0 Å². The van der Waals surface area contributed by atoms with Gasteiger partial charge in [0.1, 0.15) is 17.7 Å². The van der Waals surface area contributed by atoms with Crippen molar-refractivity contribution in [3.05, 3.63) is 89.3 Å². The second-order valence-corrected chi connectivity index (χ2v) is 12.8. The average molecular weight is 575 g/mol. The summed E-state index contributed by atoms with van der Waals surface area (Å²) in [6.45, 7) is 9.15. The van der Waals surface area contributed by atoms with E-state index in [1.807, 2.05) is 27.0 Å². The molecule has 3 aromatic rings. The summed E-state index contributed by atoms with van der Waals surface area (Å²) in [6.07, 6.45) is 8.02. The van der Waals surface area contributed by atoms with Gasteiger partial charge in [-0.3, -0.25) is 9.69 Å². The van der Waals surface area contributed by atoms with Gasteiger partial charge in [-0.1, -0.05) is 63.2 Å². The molecule has 1 N–H and O–H groups in total. The third-order valence-corrected chi connectivity index (χ3v) is 9.69. The van der Waals surface area contributed by atoms with Crippen LogP contribution in [0.4, 0.5) is 4.39 Å². The van der Waals surface area contributed by atoms with E-state index in [0.717, 1.165) is 69.4 Å². The van der Waals surface area contributed by atoms with Crippen LogP contribution >= 0.6 is 0 Å². The van der Waals surface area contributed by atoms with E-state index in [1.54, 1.807) is 12.1 Å². The van der Waals surface area contributed by atoms with Crippen molar-refractivity contribution in [1.29, 1.82) is 0 Å². The fourth-order valence-electron chi connectivity index (χ4n) is 7.60. The van der Waals surface area contributed by atoms with Gasteiger partial charge in [0, 0.05) is 50.8 Å². The van der Waals surface area contributed by atoms with Crippen LogP contribution in [0, 0.1) is 17.7 Å². The van der Waals surface area contributed by atoms with Crippen molar-refractivity contribution < 1.29 is 14.3 Å². The molecule has 1 saturated carbocycles. The second kappa shape index (κ2) is 13.5. The van der Waals surface area contributed by atoms with Gasteiger partial charge in [0.25, 0.3) is 0 Å². The van der Waals surface area contributed by atoms with Gasteiger partial charge in [-0.2, -0.15) is 0 Å². The number of nitrogens with zero attached hydrogens (tertiary/aromatic N) is 4. The van der Waals surface area contributed by atoms with Gasteiger partial charge < -0.3 is 14.6 Å². The standard InChI is InChI=1S/C35H47FN4O2/c1-5-33-37-29(18-25-10-7-6-8-11-25)23-40(33)30-14-16-39(17-15-30)22-27-20-31(38(4)34(24(2)3)35(41)42)21-32(27)26-12-9-13-28(36)19-26/h6-13,19,23-24,27,30-32,34H,5,14-18,20-22H2,1-4H3,(H,41,42)/t27?,31?,32?,34-/m1/s1. The Labute approximate surface area is 250 Å². The monoisotopic (exact) mass is 574 g/mol. The summed E-state index contributed by atoms with van der Waals surface area (Å²) in [4.78, 5) is 21.8. The highest BCUT2D eigenvalue weighted by molar-refractivity contribution is 5.73. The Balaban J connectivity index is 1.26. The van der Waals surface area contributed by atoms with Crippen molar-refractivity contribution >= 4 is 5.97 Å². The van der Waals surface area contributed by atoms with Gasteiger partial charge in [0.05, 0.1) is 5.69 Å². The van der Waals surface area contributed by atoms with Crippen LogP contribution in [0.1, 0.15) is 81.1 Å². The third-order valence-electron chi connectivity index (χ3n) is 9.69. The first kappa shape index (κ1) is 30.4. The van der Waals surface area contributed by atoms with Crippen molar-refractivity contribution in [2.45, 2.75) is 83.3 Å². The van der Waals surface area contributed by atoms with Gasteiger partial charge in [0.2, 0.25) is 0 Å². The van der Waals surface area contributed by atoms with Crippen molar-refractivity contribution in [1.82, 2.24) is 19.4 Å². The molecular formula is C35H47FN4O2. The van der Waals surface area contributed by atoms with Crippen LogP contribution in [0.3, 0.4) is 0 Å². The minimum Gasteiger partial charge on any atom is -0.480 e. The summed E-state index contributed by atoms with van der Waals surface area (Å²) in [5, 5.41) is 9.95. The Morgan fingerprint density at radius 2 is 1.83 bits per heavy atom. The molecule has 0 radical (unpaired) electrons. The lowest BCUT2D eigenvalue weighted by Crippen LogP contribution is -2.47. The number of carboxylic acids is 1. The zero-order chi connectivity index (χ0) is 29.8. The molecule has 0 bridgehead atoms. The van der Waals surface area contributed by atoms with Crippen molar-refractivity contribution in [3.8, 4) is 0 Å². The number of carbonyl (C=O) groups is 1. The molecule has 2 heterocycles. The van der Waals surface area contributed by atoms with Crippen LogP contribution in [0.5, 0.6) is 0 Å². The molecule has 3 unspecified atom stereocenters. The predicted molar refractivity (Wildman–Crippen MR) is 165 cm³/mol. The molecule has 42 heavy (non-hydrogen) atoms. The van der Waals surface area contributed by atoms with Gasteiger partial charge in [-0.25, -0.2) is 9.37 Å². The molecule has 1 aliphatic heterocycles. The largest absolute Gasteiger partial charge is 0.480 e. The van der Waals surface area contributed by atoms with Crippen LogP contribution in [-0.4, -0.2) is 69.2 Å². The van der Waals surface area contributed by atoms with E-state index in [-0.39, 0.29) is 23.7 Å². The summed E-state index contributed by atoms with van der Waals surface area (Å²) < 4.78 is 16.7. The van der Waals surface area contributed by atoms with E-state index in [2.05, 4.69) is 57.8 Å². The summed E-state index contributed by atoms with van der Waals surface area (Å²) in [5.74, 6) is 0.794. The minimum absolute atomic E-state index is 0.0163. The molecule has 2 fully saturated rings. The Bertz CT molecular complexity index is 1320. The van der Waals surface area contributed by atoms with Crippen LogP contribution < -0.4 is 0 Å². The Hall–Kier alpha value is -3.03. The number of likely N-dealkylation sites (N-methyl/N-ethyl adjacent to an activating group) is 1. The van der Waals surface area contributed by atoms with E-state index in [0.29, 0.717) is 12.0 Å². The number of aliphatic carboxylic acids is 1. The zero-order valence-corrected chi connectivity index (χ0v) is 25.6. The minimum atomic E-state index is -0.766. The van der Waals surface area contributed by atoms with E-state index >= 15 is 0 Å². The summed E-state index contributed by atoms with van der Waals surface area (Å²) in [5.41, 5.74) is 3.47. The number of aryl methyl sites for hydroxylation is 1. The molecule has 1 aliphatic carbocycles. The number of carboxylic acid groups (broad SMARTS) is 1. The molecule has 0 amide bonds. The van der Waals surface area contributed by atoms with Crippen molar-refractivity contribution in [3.63, 3.8) is 0 Å². The SMILES string of the molecule is CCc1nc(Cc2ccccc2)cn1C1CCN(CC2CC(N(C)[C@@H](C(=O)O)C(C)C)CC2c2cccc(F)c2)CC1. The second-order valence-electron chi connectivity index (χ2n) is 12.8. The lowest BCUT2D eigenvalue weighted by Gasteiger charge is -2.36. The number of piperidine rings is 1. The molecule has 2 aromatic carbocycles. The lowest BCUT2D eigenvalue weighted by molar-refractivity contribution is -0.145. The van der Waals surface area contributed by atoms with E-state index < -0.39 is 12.0 Å². The maximum absolute atomic E-state index is 14.3. The Morgan fingerprint density at radius 3 is 2.48 bits per heavy atom. The maximum Gasteiger partial charge on any atom is 0.321 e. The summed E-state index contributed by atoms with van der Waals surface area (Å²) >= 11 is 0. The molecule has 1 saturated heterocycles. The average Bonchev–Trinajstić information content (AvgIpc) is 3.58. The lowest BCUT2D eigenvalue weighted by atomic mass is 9.88. The number of likely N-dealkylation sites (tertiary alicyclic amines) is 1. The summed E-state index contributed by atoms with van der Waals surface area (Å²) in [7, 11) is 1.96. The molecule has 6 nitrogen and oxygen atoms in total. The van der Waals surface area contributed by atoms with Crippen LogP contribution in [0.15, 0.2) is 60.8 Å². The van der Waals surface area contributed by atoms with Crippen LogP contribution in [0.2, 0.25) is 0 Å². The Morgan fingerprint density at radius 1 is 1.10 bits per heavy atom. The highest BCUT2D eigenvalue weighted by atomic mass is 19.1. The third kappa shape index (κ3) is 6.95. The van der Waals surface area contributed by atoms with Gasteiger partial charge >= 0.3 is 5.97 Å². The number of rotatable bonds is 11. The molecule has 2 aliphatic rings. The van der Waals surface area contributed by atoms with Crippen molar-refractivity contribution in [2.75, 3.05) is 26.7 Å². The molecule has 226 valence electrons. The Kier molecular flexibility index (Phi) is 9.79. The molecule has 0 spiro atoms. The van der Waals surface area contributed by atoms with Gasteiger partial charge in [-0.05, 0) is 73.7 Å². The molecule has 4 atom stereocenters. The number of hydrogen-bond acceptors (Lipinski definition) is 4. The smallest absolute Gasteiger partial charge is 0.321 e. The van der Waals surface area contributed by atoms with Crippen LogP contribution in [0.25, 0.3) is 0 Å². The van der Waals surface area contributed by atoms with E-state index in [9.17, 15) is 14.3 Å². The number of halogens is 1. The first-order valence-corrected chi connectivity index (χ1v) is 15.8.